The average molecular weight is 272 g/mol. The van der Waals surface area contributed by atoms with E-state index in [4.69, 9.17) is 9.15 Å². The molecular formula is C15H16N2O3. The fourth-order valence-corrected chi connectivity index (χ4v) is 2.76. The van der Waals surface area contributed by atoms with Gasteiger partial charge in [-0.15, -0.1) is 0 Å². The Balaban J connectivity index is 1.73. The maximum atomic E-state index is 12.0. The summed E-state index contributed by atoms with van der Waals surface area (Å²) in [7, 11) is 0. The van der Waals surface area contributed by atoms with Gasteiger partial charge in [-0.25, -0.2) is 4.98 Å². The predicted octanol–water partition coefficient (Wildman–Crippen LogP) is 2.23. The Kier molecular flexibility index (Phi) is 2.57. The number of ether oxygens (including phenoxy) is 1. The van der Waals surface area contributed by atoms with Gasteiger partial charge in [0.2, 0.25) is 0 Å². The van der Waals surface area contributed by atoms with Crippen LogP contribution in [0.5, 0.6) is 0 Å². The highest BCUT2D eigenvalue weighted by molar-refractivity contribution is 5.48. The van der Waals surface area contributed by atoms with Crippen molar-refractivity contribution in [1.82, 2.24) is 9.97 Å². The van der Waals surface area contributed by atoms with Crippen LogP contribution in [0.15, 0.2) is 21.3 Å². The molecule has 104 valence electrons. The summed E-state index contributed by atoms with van der Waals surface area (Å²) in [6.07, 6.45) is 1.86. The van der Waals surface area contributed by atoms with Crippen molar-refractivity contribution in [2.45, 2.75) is 32.3 Å². The number of nitrogens with zero attached hydrogens (tertiary/aromatic N) is 1. The smallest absolute Gasteiger partial charge is 0.257 e. The first-order valence-corrected chi connectivity index (χ1v) is 7.02. The molecule has 2 atom stereocenters. The molecular weight excluding hydrogens is 256 g/mol. The predicted molar refractivity (Wildman–Crippen MR) is 72.4 cm³/mol. The number of hydrogen-bond donors (Lipinski definition) is 1. The van der Waals surface area contributed by atoms with Gasteiger partial charge in [0.05, 0.1) is 24.5 Å². The van der Waals surface area contributed by atoms with E-state index in [-0.39, 0.29) is 5.56 Å². The van der Waals surface area contributed by atoms with Gasteiger partial charge in [-0.1, -0.05) is 6.92 Å². The van der Waals surface area contributed by atoms with Gasteiger partial charge in [-0.05, 0) is 24.5 Å². The standard InChI is InChI=1S/C15H16N2O3/c1-8-6-9(8)12-2-3-13(20-12)14-16-11-4-5-19-7-10(11)15(18)17-14/h2-3,8-9H,4-7H2,1H3,(H,16,17,18). The molecule has 0 radical (unpaired) electrons. The molecule has 5 heteroatoms. The van der Waals surface area contributed by atoms with Crippen molar-refractivity contribution in [3.8, 4) is 11.6 Å². The number of furan rings is 1. The van der Waals surface area contributed by atoms with Crippen LogP contribution in [0.4, 0.5) is 0 Å². The Morgan fingerprint density at radius 1 is 1.40 bits per heavy atom. The van der Waals surface area contributed by atoms with Gasteiger partial charge in [0, 0.05) is 12.3 Å². The SMILES string of the molecule is CC1CC1c1ccc(-c2nc3c(c(=O)[nH]2)COCC3)o1. The lowest BCUT2D eigenvalue weighted by molar-refractivity contribution is 0.108. The molecule has 4 rings (SSSR count). The summed E-state index contributed by atoms with van der Waals surface area (Å²) in [5.74, 6) is 3.39. The molecule has 1 aliphatic carbocycles. The van der Waals surface area contributed by atoms with Crippen molar-refractivity contribution in [3.63, 3.8) is 0 Å². The van der Waals surface area contributed by atoms with Crippen molar-refractivity contribution < 1.29 is 9.15 Å². The van der Waals surface area contributed by atoms with E-state index in [9.17, 15) is 4.79 Å². The number of rotatable bonds is 2. The lowest BCUT2D eigenvalue weighted by atomic mass is 10.1. The van der Waals surface area contributed by atoms with E-state index in [1.54, 1.807) is 0 Å². The van der Waals surface area contributed by atoms with E-state index in [2.05, 4.69) is 16.9 Å². The number of fused-ring (bicyclic) bond motifs is 1. The van der Waals surface area contributed by atoms with Gasteiger partial charge >= 0.3 is 0 Å². The summed E-state index contributed by atoms with van der Waals surface area (Å²) in [4.78, 5) is 19.4. The molecule has 5 nitrogen and oxygen atoms in total. The molecule has 2 aromatic heterocycles. The van der Waals surface area contributed by atoms with E-state index in [1.165, 1.54) is 6.42 Å². The number of hydrogen-bond acceptors (Lipinski definition) is 4. The summed E-state index contributed by atoms with van der Waals surface area (Å²) >= 11 is 0. The second kappa shape index (κ2) is 4.31. The topological polar surface area (TPSA) is 68.1 Å². The van der Waals surface area contributed by atoms with E-state index in [0.29, 0.717) is 48.6 Å². The van der Waals surface area contributed by atoms with E-state index in [1.807, 2.05) is 12.1 Å². The van der Waals surface area contributed by atoms with Gasteiger partial charge in [0.25, 0.3) is 5.56 Å². The minimum atomic E-state index is -0.123. The number of aromatic amines is 1. The first kappa shape index (κ1) is 11.9. The molecule has 1 N–H and O–H groups in total. The van der Waals surface area contributed by atoms with Gasteiger partial charge in [-0.2, -0.15) is 0 Å². The molecule has 0 amide bonds. The second-order valence-corrected chi connectivity index (χ2v) is 5.66. The molecule has 0 aromatic carbocycles. The quantitative estimate of drug-likeness (QED) is 0.910. The molecule has 1 saturated carbocycles. The maximum absolute atomic E-state index is 12.0. The Bertz CT molecular complexity index is 716. The monoisotopic (exact) mass is 272 g/mol. The van der Waals surface area contributed by atoms with Crippen LogP contribution >= 0.6 is 0 Å². The van der Waals surface area contributed by atoms with Crippen LogP contribution in [0, 0.1) is 5.92 Å². The third-order valence-corrected chi connectivity index (χ3v) is 4.17. The van der Waals surface area contributed by atoms with Gasteiger partial charge in [-0.3, -0.25) is 4.79 Å². The highest BCUT2D eigenvalue weighted by Gasteiger charge is 2.36. The van der Waals surface area contributed by atoms with Crippen LogP contribution in [0.2, 0.25) is 0 Å². The lowest BCUT2D eigenvalue weighted by Gasteiger charge is -2.14. The van der Waals surface area contributed by atoms with Crippen LogP contribution in [0.3, 0.4) is 0 Å². The molecule has 2 unspecified atom stereocenters. The van der Waals surface area contributed by atoms with Crippen LogP contribution in [-0.4, -0.2) is 16.6 Å². The number of aromatic nitrogens is 2. The van der Waals surface area contributed by atoms with E-state index in [0.717, 1.165) is 11.5 Å². The third kappa shape index (κ3) is 1.89. The van der Waals surface area contributed by atoms with Gasteiger partial charge in [0.15, 0.2) is 11.6 Å². The Morgan fingerprint density at radius 2 is 2.25 bits per heavy atom. The normalized spacial score (nSPS) is 24.4. The Morgan fingerprint density at radius 3 is 3.05 bits per heavy atom. The minimum Gasteiger partial charge on any atom is -0.458 e. The van der Waals surface area contributed by atoms with Crippen molar-refractivity contribution in [2.24, 2.45) is 5.92 Å². The molecule has 20 heavy (non-hydrogen) atoms. The third-order valence-electron chi connectivity index (χ3n) is 4.17. The first-order chi connectivity index (χ1) is 9.72. The molecule has 1 aliphatic heterocycles. The summed E-state index contributed by atoms with van der Waals surface area (Å²) < 4.78 is 11.1. The van der Waals surface area contributed by atoms with E-state index >= 15 is 0 Å². The molecule has 0 bridgehead atoms. The average Bonchev–Trinajstić information content (AvgIpc) is 3.00. The maximum Gasteiger partial charge on any atom is 0.257 e. The summed E-state index contributed by atoms with van der Waals surface area (Å²) in [5.41, 5.74) is 1.35. The summed E-state index contributed by atoms with van der Waals surface area (Å²) in [5, 5.41) is 0. The van der Waals surface area contributed by atoms with Crippen molar-refractivity contribution in [1.29, 1.82) is 0 Å². The zero-order chi connectivity index (χ0) is 13.7. The second-order valence-electron chi connectivity index (χ2n) is 5.66. The highest BCUT2D eigenvalue weighted by Crippen LogP contribution is 2.47. The van der Waals surface area contributed by atoms with Gasteiger partial charge < -0.3 is 14.1 Å². The molecule has 2 aliphatic rings. The first-order valence-electron chi connectivity index (χ1n) is 7.02. The fraction of sp³-hybridized carbons (Fsp3) is 0.467. The largest absolute Gasteiger partial charge is 0.458 e. The van der Waals surface area contributed by atoms with Crippen molar-refractivity contribution in [3.05, 3.63) is 39.5 Å². The Hall–Kier alpha value is -1.88. The fourth-order valence-electron chi connectivity index (χ4n) is 2.76. The molecule has 2 aromatic rings. The van der Waals surface area contributed by atoms with E-state index < -0.39 is 0 Å². The van der Waals surface area contributed by atoms with Crippen molar-refractivity contribution in [2.75, 3.05) is 6.61 Å². The summed E-state index contributed by atoms with van der Waals surface area (Å²) in [6.45, 7) is 3.18. The van der Waals surface area contributed by atoms with Crippen LogP contribution < -0.4 is 5.56 Å². The van der Waals surface area contributed by atoms with Crippen LogP contribution in [-0.2, 0) is 17.8 Å². The zero-order valence-corrected chi connectivity index (χ0v) is 11.3. The zero-order valence-electron chi connectivity index (χ0n) is 11.3. The number of H-pyrrole nitrogens is 1. The number of nitrogens with one attached hydrogen (secondary N) is 1. The van der Waals surface area contributed by atoms with Crippen molar-refractivity contribution >= 4 is 0 Å². The molecule has 1 fully saturated rings. The molecule has 3 heterocycles. The highest BCUT2D eigenvalue weighted by atomic mass is 16.5. The van der Waals surface area contributed by atoms with Crippen LogP contribution in [0.25, 0.3) is 11.6 Å². The Labute approximate surface area is 116 Å². The molecule has 0 spiro atoms. The lowest BCUT2D eigenvalue weighted by Crippen LogP contribution is -2.24. The summed E-state index contributed by atoms with van der Waals surface area (Å²) in [6, 6.07) is 3.89. The minimum absolute atomic E-state index is 0.123. The molecule has 0 saturated heterocycles. The van der Waals surface area contributed by atoms with Crippen LogP contribution in [0.1, 0.15) is 36.3 Å². The van der Waals surface area contributed by atoms with Gasteiger partial charge in [0.1, 0.15) is 5.76 Å².